The van der Waals surface area contributed by atoms with Crippen molar-refractivity contribution < 1.29 is 9.59 Å². The van der Waals surface area contributed by atoms with Gasteiger partial charge in [0.25, 0.3) is 0 Å². The molecule has 4 N–H and O–H groups in total. The summed E-state index contributed by atoms with van der Waals surface area (Å²) in [5.74, 6) is -0.184. The first-order valence-electron chi connectivity index (χ1n) is 4.97. The fourth-order valence-electron chi connectivity index (χ4n) is 0.830. The number of hydrogen-bond donors (Lipinski definition) is 3. The number of rotatable bonds is 5. The van der Waals surface area contributed by atoms with Gasteiger partial charge in [-0.2, -0.15) is 0 Å². The smallest absolute Gasteiger partial charge is 0.316 e. The van der Waals surface area contributed by atoms with Crippen molar-refractivity contribution in [1.29, 1.82) is 0 Å². The molecule has 6 nitrogen and oxygen atoms in total. The van der Waals surface area contributed by atoms with E-state index in [1.165, 1.54) is 4.90 Å². The molecule has 0 rings (SSSR count). The second-order valence-electron chi connectivity index (χ2n) is 3.43. The molecule has 0 fully saturated rings. The molecule has 3 amide bonds. The van der Waals surface area contributed by atoms with Crippen molar-refractivity contribution in [2.75, 3.05) is 27.2 Å². The number of carbonyl (C=O) groups excluding carboxylic acids is 2. The van der Waals surface area contributed by atoms with Crippen LogP contribution in [0.2, 0.25) is 0 Å². The largest absolute Gasteiger partial charge is 0.353 e. The summed E-state index contributed by atoms with van der Waals surface area (Å²) in [5, 5.41) is 5.26. The highest BCUT2D eigenvalue weighted by Gasteiger charge is 2.09. The lowest BCUT2D eigenvalue weighted by molar-refractivity contribution is -0.122. The molecule has 0 heterocycles. The van der Waals surface area contributed by atoms with Crippen LogP contribution >= 0.6 is 0 Å². The summed E-state index contributed by atoms with van der Waals surface area (Å²) in [5.41, 5.74) is 5.50. The van der Waals surface area contributed by atoms with Crippen LogP contribution in [0.15, 0.2) is 0 Å². The second-order valence-corrected chi connectivity index (χ2v) is 3.43. The Balaban J connectivity index is 3.55. The third-order valence-electron chi connectivity index (χ3n) is 1.88. The number of nitrogens with two attached hydrogens (primary N) is 1. The van der Waals surface area contributed by atoms with Gasteiger partial charge in [0, 0.05) is 27.2 Å². The van der Waals surface area contributed by atoms with Gasteiger partial charge in [-0.3, -0.25) is 4.79 Å². The van der Waals surface area contributed by atoms with Gasteiger partial charge in [0.15, 0.2) is 0 Å². The fraction of sp³-hybridized carbons (Fsp3) is 0.778. The van der Waals surface area contributed by atoms with Crippen LogP contribution in [0.5, 0.6) is 0 Å². The van der Waals surface area contributed by atoms with E-state index in [9.17, 15) is 9.59 Å². The highest BCUT2D eigenvalue weighted by molar-refractivity contribution is 5.81. The molecule has 0 aromatic carbocycles. The van der Waals surface area contributed by atoms with Crippen molar-refractivity contribution in [3.63, 3.8) is 0 Å². The average molecular weight is 216 g/mol. The second kappa shape index (κ2) is 7.05. The number of urea groups is 1. The number of nitrogens with zero attached hydrogens (tertiary/aromatic N) is 1. The van der Waals surface area contributed by atoms with E-state index in [2.05, 4.69) is 10.6 Å². The lowest BCUT2D eigenvalue weighted by Crippen LogP contribution is -2.44. The SMILES string of the molecule is CC[C@@H](N)C(=O)NCCNC(=O)N(C)C. The highest BCUT2D eigenvalue weighted by Crippen LogP contribution is 1.84. The van der Waals surface area contributed by atoms with Crippen LogP contribution in [0.3, 0.4) is 0 Å². The third kappa shape index (κ3) is 5.90. The van der Waals surface area contributed by atoms with E-state index in [4.69, 9.17) is 5.73 Å². The molecule has 0 aromatic rings. The first-order chi connectivity index (χ1) is 6.99. The first-order valence-corrected chi connectivity index (χ1v) is 4.97. The maximum atomic E-state index is 11.2. The maximum absolute atomic E-state index is 11.2. The van der Waals surface area contributed by atoms with Crippen molar-refractivity contribution in [3.8, 4) is 0 Å². The van der Waals surface area contributed by atoms with E-state index in [0.29, 0.717) is 19.5 Å². The van der Waals surface area contributed by atoms with Gasteiger partial charge in [0.2, 0.25) is 5.91 Å². The van der Waals surface area contributed by atoms with Gasteiger partial charge in [-0.25, -0.2) is 4.79 Å². The van der Waals surface area contributed by atoms with E-state index in [1.807, 2.05) is 6.92 Å². The van der Waals surface area contributed by atoms with Gasteiger partial charge in [0.1, 0.15) is 0 Å². The van der Waals surface area contributed by atoms with E-state index >= 15 is 0 Å². The van der Waals surface area contributed by atoms with Gasteiger partial charge in [0.05, 0.1) is 6.04 Å². The minimum Gasteiger partial charge on any atom is -0.353 e. The molecule has 0 saturated heterocycles. The van der Waals surface area contributed by atoms with Crippen LogP contribution < -0.4 is 16.4 Å². The monoisotopic (exact) mass is 216 g/mol. The van der Waals surface area contributed by atoms with Gasteiger partial charge < -0.3 is 21.3 Å². The van der Waals surface area contributed by atoms with Gasteiger partial charge in [-0.05, 0) is 6.42 Å². The van der Waals surface area contributed by atoms with Crippen LogP contribution in [0.1, 0.15) is 13.3 Å². The van der Waals surface area contributed by atoms with Crippen LogP contribution in [-0.4, -0.2) is 50.1 Å². The molecule has 1 atom stereocenters. The molecule has 0 unspecified atom stereocenters. The molecule has 0 aliphatic heterocycles. The highest BCUT2D eigenvalue weighted by atomic mass is 16.2. The average Bonchev–Trinajstić information content (AvgIpc) is 2.22. The Bertz CT molecular complexity index is 218. The molecule has 15 heavy (non-hydrogen) atoms. The van der Waals surface area contributed by atoms with E-state index in [0.717, 1.165) is 0 Å². The zero-order valence-electron chi connectivity index (χ0n) is 9.54. The van der Waals surface area contributed by atoms with Crippen LogP contribution in [0, 0.1) is 0 Å². The summed E-state index contributed by atoms with van der Waals surface area (Å²) in [6.45, 7) is 2.64. The summed E-state index contributed by atoms with van der Waals surface area (Å²) >= 11 is 0. The predicted octanol–water partition coefficient (Wildman–Crippen LogP) is -0.889. The number of amides is 3. The van der Waals surface area contributed by atoms with E-state index < -0.39 is 6.04 Å². The predicted molar refractivity (Wildman–Crippen MR) is 58.4 cm³/mol. The van der Waals surface area contributed by atoms with Crippen molar-refractivity contribution in [1.82, 2.24) is 15.5 Å². The molecule has 6 heteroatoms. The number of carbonyl (C=O) groups is 2. The zero-order chi connectivity index (χ0) is 11.8. The zero-order valence-corrected chi connectivity index (χ0v) is 9.54. The summed E-state index contributed by atoms with van der Waals surface area (Å²) < 4.78 is 0. The fourth-order valence-corrected chi connectivity index (χ4v) is 0.830. The number of nitrogens with one attached hydrogen (secondary N) is 2. The molecule has 0 aromatic heterocycles. The third-order valence-corrected chi connectivity index (χ3v) is 1.88. The Hall–Kier alpha value is -1.30. The Morgan fingerprint density at radius 2 is 1.80 bits per heavy atom. The van der Waals surface area contributed by atoms with E-state index in [1.54, 1.807) is 14.1 Å². The lowest BCUT2D eigenvalue weighted by Gasteiger charge is -2.13. The Morgan fingerprint density at radius 3 is 2.27 bits per heavy atom. The molecular formula is C9H20N4O2. The van der Waals surface area contributed by atoms with Gasteiger partial charge in [-0.1, -0.05) is 6.92 Å². The van der Waals surface area contributed by atoms with E-state index in [-0.39, 0.29) is 11.9 Å². The molecule has 0 bridgehead atoms. The Kier molecular flexibility index (Phi) is 6.44. The molecule has 0 spiro atoms. The quantitative estimate of drug-likeness (QED) is 0.521. The van der Waals surface area contributed by atoms with Gasteiger partial charge >= 0.3 is 6.03 Å². The van der Waals surface area contributed by atoms with Crippen molar-refractivity contribution in [2.45, 2.75) is 19.4 Å². The van der Waals surface area contributed by atoms with Crippen molar-refractivity contribution >= 4 is 11.9 Å². The molecule has 0 aliphatic carbocycles. The first kappa shape index (κ1) is 13.7. The minimum atomic E-state index is -0.463. The van der Waals surface area contributed by atoms with Crippen LogP contribution in [0.4, 0.5) is 4.79 Å². The summed E-state index contributed by atoms with van der Waals surface area (Å²) in [6, 6.07) is -0.640. The summed E-state index contributed by atoms with van der Waals surface area (Å²) in [6.07, 6.45) is 0.607. The van der Waals surface area contributed by atoms with Crippen molar-refractivity contribution in [3.05, 3.63) is 0 Å². The molecular weight excluding hydrogens is 196 g/mol. The molecule has 0 aliphatic rings. The normalized spacial score (nSPS) is 11.7. The summed E-state index contributed by atoms with van der Waals surface area (Å²) in [7, 11) is 3.31. The van der Waals surface area contributed by atoms with Crippen molar-refractivity contribution in [2.24, 2.45) is 5.73 Å². The topological polar surface area (TPSA) is 87.5 Å². The Labute approximate surface area is 90.2 Å². The standard InChI is InChI=1S/C9H20N4O2/c1-4-7(10)8(14)11-5-6-12-9(15)13(2)3/h7H,4-6,10H2,1-3H3,(H,11,14)(H,12,15)/t7-/m1/s1. The lowest BCUT2D eigenvalue weighted by atomic mass is 10.2. The number of hydrogen-bond acceptors (Lipinski definition) is 3. The van der Waals surface area contributed by atoms with Crippen LogP contribution in [-0.2, 0) is 4.79 Å². The summed E-state index contributed by atoms with van der Waals surface area (Å²) in [4.78, 5) is 23.7. The minimum absolute atomic E-state index is 0.177. The van der Waals surface area contributed by atoms with Gasteiger partial charge in [-0.15, -0.1) is 0 Å². The van der Waals surface area contributed by atoms with Crippen LogP contribution in [0.25, 0.3) is 0 Å². The maximum Gasteiger partial charge on any atom is 0.316 e. The molecule has 88 valence electrons. The Morgan fingerprint density at radius 1 is 1.27 bits per heavy atom. The molecule has 0 radical (unpaired) electrons. The molecule has 0 saturated carbocycles.